The molecule has 0 bridgehead atoms. The summed E-state index contributed by atoms with van der Waals surface area (Å²) in [6, 6.07) is 19.6. The summed E-state index contributed by atoms with van der Waals surface area (Å²) in [5.41, 5.74) is 4.70. The molecule has 1 aliphatic rings. The van der Waals surface area contributed by atoms with E-state index in [1.54, 1.807) is 12.0 Å². The molecule has 0 aromatic heterocycles. The van der Waals surface area contributed by atoms with Crippen molar-refractivity contribution >= 4 is 61.9 Å². The summed E-state index contributed by atoms with van der Waals surface area (Å²) in [5, 5.41) is 0. The lowest BCUT2D eigenvalue weighted by atomic mass is 10.0. The first-order valence-corrected chi connectivity index (χ1v) is 12.9. The molecule has 1 amide bonds. The molecular formula is C28H24BrNO3S2. The van der Waals surface area contributed by atoms with E-state index in [9.17, 15) is 4.79 Å². The van der Waals surface area contributed by atoms with Gasteiger partial charge in [0.25, 0.3) is 5.91 Å². The van der Waals surface area contributed by atoms with Gasteiger partial charge in [0, 0.05) is 10.0 Å². The monoisotopic (exact) mass is 565 g/mol. The van der Waals surface area contributed by atoms with Gasteiger partial charge in [0.05, 0.1) is 17.7 Å². The van der Waals surface area contributed by atoms with Crippen LogP contribution in [0.4, 0.5) is 5.69 Å². The highest BCUT2D eigenvalue weighted by Gasteiger charge is 2.33. The van der Waals surface area contributed by atoms with Crippen molar-refractivity contribution < 1.29 is 14.3 Å². The average Bonchev–Trinajstić information content (AvgIpc) is 3.12. The number of methoxy groups -OCH3 is 1. The first-order chi connectivity index (χ1) is 16.9. The number of nitrogens with zero attached hydrogens (tertiary/aromatic N) is 1. The first-order valence-electron chi connectivity index (χ1n) is 10.9. The van der Waals surface area contributed by atoms with Crippen LogP contribution in [0.15, 0.2) is 82.7 Å². The van der Waals surface area contributed by atoms with Gasteiger partial charge in [0.15, 0.2) is 15.8 Å². The third kappa shape index (κ3) is 5.86. The summed E-state index contributed by atoms with van der Waals surface area (Å²) in [6.07, 6.45) is 4.26. The number of carbonyl (C=O) groups excluding carboxylic acids is 1. The quantitative estimate of drug-likeness (QED) is 0.161. The predicted molar refractivity (Wildman–Crippen MR) is 152 cm³/mol. The third-order valence-electron chi connectivity index (χ3n) is 5.42. The van der Waals surface area contributed by atoms with Crippen LogP contribution >= 0.6 is 39.9 Å². The zero-order valence-electron chi connectivity index (χ0n) is 19.4. The van der Waals surface area contributed by atoms with E-state index in [1.807, 2.05) is 79.7 Å². The Morgan fingerprint density at radius 1 is 1.11 bits per heavy atom. The van der Waals surface area contributed by atoms with E-state index >= 15 is 0 Å². The summed E-state index contributed by atoms with van der Waals surface area (Å²) in [5.74, 6) is 1.13. The van der Waals surface area contributed by atoms with Crippen LogP contribution in [0.3, 0.4) is 0 Å². The van der Waals surface area contributed by atoms with Crippen LogP contribution < -0.4 is 14.4 Å². The molecule has 0 saturated carbocycles. The number of hydrogen-bond acceptors (Lipinski definition) is 5. The smallest absolute Gasteiger partial charge is 0.270 e. The van der Waals surface area contributed by atoms with Gasteiger partial charge in [-0.15, -0.1) is 6.58 Å². The van der Waals surface area contributed by atoms with E-state index < -0.39 is 0 Å². The molecule has 0 N–H and O–H groups in total. The number of hydrogen-bond donors (Lipinski definition) is 0. The van der Waals surface area contributed by atoms with E-state index in [0.717, 1.165) is 32.4 Å². The Morgan fingerprint density at radius 3 is 2.49 bits per heavy atom. The van der Waals surface area contributed by atoms with Gasteiger partial charge >= 0.3 is 0 Å². The number of rotatable bonds is 8. The normalized spacial score (nSPS) is 14.5. The molecule has 4 rings (SSSR count). The number of ether oxygens (including phenoxy) is 2. The molecule has 1 fully saturated rings. The highest BCUT2D eigenvalue weighted by molar-refractivity contribution is 9.10. The Balaban J connectivity index is 1.63. The average molecular weight is 567 g/mol. The fourth-order valence-corrected chi connectivity index (χ4v) is 5.22. The second kappa shape index (κ2) is 11.2. The van der Waals surface area contributed by atoms with Gasteiger partial charge in [-0.05, 0) is 66.9 Å². The van der Waals surface area contributed by atoms with Crippen molar-refractivity contribution in [2.45, 2.75) is 20.0 Å². The minimum Gasteiger partial charge on any atom is -0.493 e. The van der Waals surface area contributed by atoms with Gasteiger partial charge in [0.1, 0.15) is 6.61 Å². The van der Waals surface area contributed by atoms with Crippen molar-refractivity contribution in [2.24, 2.45) is 0 Å². The van der Waals surface area contributed by atoms with Crippen LogP contribution in [0.5, 0.6) is 11.5 Å². The molecule has 35 heavy (non-hydrogen) atoms. The van der Waals surface area contributed by atoms with Gasteiger partial charge in [-0.25, -0.2) is 0 Å². The fraction of sp³-hybridized carbons (Fsp3) is 0.143. The largest absolute Gasteiger partial charge is 0.493 e. The Hall–Kier alpha value is -2.87. The summed E-state index contributed by atoms with van der Waals surface area (Å²) in [7, 11) is 1.61. The van der Waals surface area contributed by atoms with Crippen molar-refractivity contribution in [3.05, 3.63) is 105 Å². The molecule has 3 aromatic carbocycles. The van der Waals surface area contributed by atoms with E-state index in [-0.39, 0.29) is 5.91 Å². The van der Waals surface area contributed by atoms with Gasteiger partial charge < -0.3 is 9.47 Å². The highest BCUT2D eigenvalue weighted by atomic mass is 79.9. The second-order valence-electron chi connectivity index (χ2n) is 7.97. The molecule has 1 heterocycles. The second-order valence-corrected chi connectivity index (χ2v) is 10.6. The molecule has 1 aliphatic heterocycles. The number of thiocarbonyl (C=S) groups is 1. The highest BCUT2D eigenvalue weighted by Crippen LogP contribution is 2.39. The van der Waals surface area contributed by atoms with Crippen molar-refractivity contribution in [1.82, 2.24) is 0 Å². The predicted octanol–water partition coefficient (Wildman–Crippen LogP) is 7.48. The van der Waals surface area contributed by atoms with E-state index in [4.69, 9.17) is 21.7 Å². The molecule has 0 unspecified atom stereocenters. The fourth-order valence-electron chi connectivity index (χ4n) is 3.66. The SMILES string of the molecule is C=CCc1cc(/C=C2/SC(=S)N(c3ccc(C)cc3)C2=O)cc(OC)c1OCc1ccc(Br)cc1. The number of allylic oxidation sites excluding steroid dienone is 1. The lowest BCUT2D eigenvalue weighted by Gasteiger charge is -2.16. The lowest BCUT2D eigenvalue weighted by molar-refractivity contribution is -0.113. The maximum atomic E-state index is 13.2. The van der Waals surface area contributed by atoms with Gasteiger partial charge in [-0.3, -0.25) is 9.69 Å². The van der Waals surface area contributed by atoms with Crippen molar-refractivity contribution in [2.75, 3.05) is 12.0 Å². The maximum absolute atomic E-state index is 13.2. The summed E-state index contributed by atoms with van der Waals surface area (Å²) >= 11 is 10.3. The van der Waals surface area contributed by atoms with Crippen LogP contribution in [-0.2, 0) is 17.8 Å². The van der Waals surface area contributed by atoms with E-state index in [1.165, 1.54) is 11.8 Å². The van der Waals surface area contributed by atoms with E-state index in [0.29, 0.717) is 33.8 Å². The van der Waals surface area contributed by atoms with Gasteiger partial charge in [-0.2, -0.15) is 0 Å². The summed E-state index contributed by atoms with van der Waals surface area (Å²) in [6.45, 7) is 6.30. The summed E-state index contributed by atoms with van der Waals surface area (Å²) < 4.78 is 13.4. The van der Waals surface area contributed by atoms with Crippen LogP contribution in [0.25, 0.3) is 6.08 Å². The summed E-state index contributed by atoms with van der Waals surface area (Å²) in [4.78, 5) is 15.3. The van der Waals surface area contributed by atoms with Crippen molar-refractivity contribution in [1.29, 1.82) is 0 Å². The minimum atomic E-state index is -0.136. The van der Waals surface area contributed by atoms with E-state index in [2.05, 4.69) is 22.5 Å². The van der Waals surface area contributed by atoms with Crippen LogP contribution in [0.2, 0.25) is 0 Å². The Bertz CT molecular complexity index is 1300. The van der Waals surface area contributed by atoms with Crippen LogP contribution in [-0.4, -0.2) is 17.3 Å². The van der Waals surface area contributed by atoms with Crippen molar-refractivity contribution in [3.8, 4) is 11.5 Å². The number of anilines is 1. The minimum absolute atomic E-state index is 0.136. The number of amides is 1. The third-order valence-corrected chi connectivity index (χ3v) is 7.25. The molecule has 178 valence electrons. The molecule has 7 heteroatoms. The Morgan fingerprint density at radius 2 is 1.83 bits per heavy atom. The molecule has 0 aliphatic carbocycles. The molecule has 3 aromatic rings. The first kappa shape index (κ1) is 25.2. The number of thioether (sulfide) groups is 1. The molecule has 4 nitrogen and oxygen atoms in total. The zero-order chi connectivity index (χ0) is 24.9. The maximum Gasteiger partial charge on any atom is 0.270 e. The Kier molecular flexibility index (Phi) is 8.11. The number of halogens is 1. The van der Waals surface area contributed by atoms with Gasteiger partial charge in [-0.1, -0.05) is 75.8 Å². The number of benzene rings is 3. The van der Waals surface area contributed by atoms with Crippen molar-refractivity contribution in [3.63, 3.8) is 0 Å². The Labute approximate surface area is 223 Å². The van der Waals surface area contributed by atoms with Crippen LogP contribution in [0, 0.1) is 6.92 Å². The van der Waals surface area contributed by atoms with Crippen LogP contribution in [0.1, 0.15) is 22.3 Å². The zero-order valence-corrected chi connectivity index (χ0v) is 22.6. The standard InChI is InChI=1S/C28H24BrNO3S2/c1-4-5-21-14-20(15-24(32-3)26(21)33-17-19-8-10-22(29)11-9-19)16-25-27(31)30(28(34)35-25)23-12-6-18(2)7-13-23/h4,6-16H,1,5,17H2,2-3H3/b25-16+. The van der Waals surface area contributed by atoms with Gasteiger partial charge in [0.2, 0.25) is 0 Å². The molecule has 0 radical (unpaired) electrons. The molecule has 0 atom stereocenters. The number of carbonyl (C=O) groups is 1. The molecule has 1 saturated heterocycles. The topological polar surface area (TPSA) is 38.8 Å². The molecular weight excluding hydrogens is 542 g/mol. The molecule has 0 spiro atoms. The number of aryl methyl sites for hydroxylation is 1. The lowest BCUT2D eigenvalue weighted by Crippen LogP contribution is -2.27.